The third-order valence-corrected chi connectivity index (χ3v) is 4.91. The quantitative estimate of drug-likeness (QED) is 0.796. The fraction of sp³-hybridized carbons (Fsp3) is 0.400. The van der Waals surface area contributed by atoms with Gasteiger partial charge in [0.1, 0.15) is 16.9 Å². The van der Waals surface area contributed by atoms with Crippen LogP contribution in [0.1, 0.15) is 43.9 Å². The molecule has 1 aliphatic heterocycles. The summed E-state index contributed by atoms with van der Waals surface area (Å²) in [7, 11) is 1.35. The van der Waals surface area contributed by atoms with Gasteiger partial charge in [0, 0.05) is 25.2 Å². The molecule has 1 saturated heterocycles. The molecular formula is C15H16N4O3S. The number of carbonyl (C=O) groups excluding carboxylic acids is 2. The zero-order valence-electron chi connectivity index (χ0n) is 12.6. The van der Waals surface area contributed by atoms with Crippen LogP contribution in [0.15, 0.2) is 24.8 Å². The van der Waals surface area contributed by atoms with Crippen LogP contribution in [0, 0.1) is 0 Å². The second-order valence-electron chi connectivity index (χ2n) is 5.24. The molecule has 1 fully saturated rings. The molecule has 1 aliphatic rings. The Bertz CT molecular complexity index is 704. The maximum Gasteiger partial charge on any atom is 0.349 e. The standard InChI is InChI=1S/C15H16N4O3S/c1-22-15(21)12-7-17-13(23-12)10-3-2-6-19(8-10)14(20)11-4-5-16-9-18-11/h4-5,7,9-10H,2-3,6,8H2,1H3. The van der Waals surface area contributed by atoms with Gasteiger partial charge in [-0.05, 0) is 18.9 Å². The van der Waals surface area contributed by atoms with Crippen molar-refractivity contribution in [3.8, 4) is 0 Å². The molecule has 2 aromatic heterocycles. The molecule has 3 rings (SSSR count). The van der Waals surface area contributed by atoms with Crippen LogP contribution in [0.3, 0.4) is 0 Å². The van der Waals surface area contributed by atoms with E-state index in [1.807, 2.05) is 0 Å². The van der Waals surface area contributed by atoms with Crippen molar-refractivity contribution in [3.63, 3.8) is 0 Å². The minimum atomic E-state index is -0.376. The van der Waals surface area contributed by atoms with Crippen molar-refractivity contribution in [2.75, 3.05) is 20.2 Å². The number of hydrogen-bond acceptors (Lipinski definition) is 7. The van der Waals surface area contributed by atoms with Gasteiger partial charge in [-0.1, -0.05) is 0 Å². The van der Waals surface area contributed by atoms with Crippen LogP contribution >= 0.6 is 11.3 Å². The Balaban J connectivity index is 1.72. The minimum Gasteiger partial charge on any atom is -0.465 e. The van der Waals surface area contributed by atoms with Gasteiger partial charge < -0.3 is 9.64 Å². The summed E-state index contributed by atoms with van der Waals surface area (Å²) in [5, 5.41) is 0.866. The fourth-order valence-electron chi connectivity index (χ4n) is 2.61. The number of nitrogens with zero attached hydrogens (tertiary/aromatic N) is 4. The van der Waals surface area contributed by atoms with E-state index in [9.17, 15) is 9.59 Å². The van der Waals surface area contributed by atoms with Crippen molar-refractivity contribution in [2.24, 2.45) is 0 Å². The first-order valence-electron chi connectivity index (χ1n) is 7.28. The lowest BCUT2D eigenvalue weighted by molar-refractivity contribution is 0.0605. The van der Waals surface area contributed by atoms with Crippen molar-refractivity contribution in [1.82, 2.24) is 19.9 Å². The van der Waals surface area contributed by atoms with Crippen LogP contribution in [-0.2, 0) is 4.74 Å². The Hall–Kier alpha value is -2.35. The molecule has 1 atom stereocenters. The van der Waals surface area contributed by atoms with E-state index in [2.05, 4.69) is 15.0 Å². The zero-order valence-corrected chi connectivity index (χ0v) is 13.5. The molecule has 0 bridgehead atoms. The van der Waals surface area contributed by atoms with E-state index in [1.54, 1.807) is 17.2 Å². The van der Waals surface area contributed by atoms with Gasteiger partial charge in [0.15, 0.2) is 0 Å². The van der Waals surface area contributed by atoms with Crippen molar-refractivity contribution < 1.29 is 14.3 Å². The predicted molar refractivity (Wildman–Crippen MR) is 83.4 cm³/mol. The number of aromatic nitrogens is 3. The molecule has 1 unspecified atom stereocenters. The molecule has 0 radical (unpaired) electrons. The van der Waals surface area contributed by atoms with Crippen molar-refractivity contribution in [1.29, 1.82) is 0 Å². The van der Waals surface area contributed by atoms with E-state index in [0.29, 0.717) is 23.7 Å². The monoisotopic (exact) mass is 332 g/mol. The molecule has 120 valence electrons. The van der Waals surface area contributed by atoms with Gasteiger partial charge in [0.2, 0.25) is 0 Å². The minimum absolute atomic E-state index is 0.0955. The van der Waals surface area contributed by atoms with Gasteiger partial charge in [-0.15, -0.1) is 11.3 Å². The molecule has 7 nitrogen and oxygen atoms in total. The number of piperidine rings is 1. The molecule has 0 spiro atoms. The second kappa shape index (κ2) is 6.82. The maximum absolute atomic E-state index is 12.5. The van der Waals surface area contributed by atoms with Crippen molar-refractivity contribution in [2.45, 2.75) is 18.8 Å². The van der Waals surface area contributed by atoms with Gasteiger partial charge in [-0.2, -0.15) is 0 Å². The number of ether oxygens (including phenoxy) is 1. The van der Waals surface area contributed by atoms with E-state index in [0.717, 1.165) is 17.8 Å². The molecule has 3 heterocycles. The van der Waals surface area contributed by atoms with Gasteiger partial charge in [-0.25, -0.2) is 19.7 Å². The number of thiazole rings is 1. The lowest BCUT2D eigenvalue weighted by Crippen LogP contribution is -2.39. The highest BCUT2D eigenvalue weighted by Gasteiger charge is 2.28. The van der Waals surface area contributed by atoms with Crippen molar-refractivity contribution in [3.05, 3.63) is 40.4 Å². The summed E-state index contributed by atoms with van der Waals surface area (Å²) < 4.78 is 4.71. The number of esters is 1. The first kappa shape index (κ1) is 15.5. The Morgan fingerprint density at radius 2 is 2.26 bits per heavy atom. The number of amides is 1. The molecule has 1 amide bonds. The SMILES string of the molecule is COC(=O)c1cnc(C2CCCN(C(=O)c3ccncn3)C2)s1. The fourth-order valence-corrected chi connectivity index (χ4v) is 3.58. The highest BCUT2D eigenvalue weighted by atomic mass is 32.1. The Morgan fingerprint density at radius 1 is 1.39 bits per heavy atom. The summed E-state index contributed by atoms with van der Waals surface area (Å²) in [5.41, 5.74) is 0.398. The largest absolute Gasteiger partial charge is 0.465 e. The third kappa shape index (κ3) is 3.37. The van der Waals surface area contributed by atoms with Crippen LogP contribution in [0.4, 0.5) is 0 Å². The average Bonchev–Trinajstić information content (AvgIpc) is 3.11. The maximum atomic E-state index is 12.5. The summed E-state index contributed by atoms with van der Waals surface area (Å²) in [6, 6.07) is 1.62. The average molecular weight is 332 g/mol. The molecular weight excluding hydrogens is 316 g/mol. The van der Waals surface area contributed by atoms with E-state index >= 15 is 0 Å². The second-order valence-corrected chi connectivity index (χ2v) is 6.30. The van der Waals surface area contributed by atoms with E-state index in [-0.39, 0.29) is 17.8 Å². The summed E-state index contributed by atoms with van der Waals surface area (Å²) in [4.78, 5) is 38.5. The van der Waals surface area contributed by atoms with E-state index < -0.39 is 0 Å². The third-order valence-electron chi connectivity index (χ3n) is 3.77. The van der Waals surface area contributed by atoms with Crippen LogP contribution in [0.5, 0.6) is 0 Å². The topological polar surface area (TPSA) is 85.3 Å². The summed E-state index contributed by atoms with van der Waals surface area (Å²) in [6.07, 6.45) is 6.32. The zero-order chi connectivity index (χ0) is 16.2. The van der Waals surface area contributed by atoms with Crippen LogP contribution in [0.25, 0.3) is 0 Å². The van der Waals surface area contributed by atoms with E-state index in [4.69, 9.17) is 4.74 Å². The summed E-state index contributed by atoms with van der Waals surface area (Å²) in [5.74, 6) is -0.335. The summed E-state index contributed by atoms with van der Waals surface area (Å²) in [6.45, 7) is 1.28. The number of methoxy groups -OCH3 is 1. The number of carbonyl (C=O) groups is 2. The molecule has 0 saturated carbocycles. The highest BCUT2D eigenvalue weighted by Crippen LogP contribution is 2.30. The summed E-state index contributed by atoms with van der Waals surface area (Å²) >= 11 is 1.33. The normalized spacial score (nSPS) is 17.8. The van der Waals surface area contributed by atoms with Gasteiger partial charge >= 0.3 is 5.97 Å². The highest BCUT2D eigenvalue weighted by molar-refractivity contribution is 7.13. The molecule has 0 aliphatic carbocycles. The number of likely N-dealkylation sites (tertiary alicyclic amines) is 1. The van der Waals surface area contributed by atoms with Crippen LogP contribution in [-0.4, -0.2) is 51.9 Å². The molecule has 2 aromatic rings. The predicted octanol–water partition coefficient (Wildman–Crippen LogP) is 1.74. The van der Waals surface area contributed by atoms with Crippen LogP contribution < -0.4 is 0 Å². The lowest BCUT2D eigenvalue weighted by Gasteiger charge is -2.31. The van der Waals surface area contributed by atoms with Gasteiger partial charge in [-0.3, -0.25) is 4.79 Å². The van der Waals surface area contributed by atoms with Crippen LogP contribution in [0.2, 0.25) is 0 Å². The van der Waals surface area contributed by atoms with Crippen molar-refractivity contribution >= 4 is 23.2 Å². The number of rotatable bonds is 3. The molecule has 8 heteroatoms. The Morgan fingerprint density at radius 3 is 3.00 bits per heavy atom. The van der Waals surface area contributed by atoms with E-state index in [1.165, 1.54) is 31.0 Å². The molecule has 0 N–H and O–H groups in total. The Labute approximate surface area is 137 Å². The first-order valence-corrected chi connectivity index (χ1v) is 8.10. The molecule has 23 heavy (non-hydrogen) atoms. The molecule has 0 aromatic carbocycles. The smallest absolute Gasteiger partial charge is 0.349 e. The Kier molecular flexibility index (Phi) is 4.61. The van der Waals surface area contributed by atoms with Gasteiger partial charge in [0.05, 0.1) is 18.3 Å². The first-order chi connectivity index (χ1) is 11.2. The van der Waals surface area contributed by atoms with Gasteiger partial charge in [0.25, 0.3) is 5.91 Å². The lowest BCUT2D eigenvalue weighted by atomic mass is 9.98. The number of hydrogen-bond donors (Lipinski definition) is 0.